The minimum atomic E-state index is -0.00494. The van der Waals surface area contributed by atoms with Crippen molar-refractivity contribution in [2.75, 3.05) is 11.1 Å². The number of aromatic nitrogens is 1. The molecule has 4 heteroatoms. The van der Waals surface area contributed by atoms with Gasteiger partial charge in [0.2, 0.25) is 5.91 Å². The summed E-state index contributed by atoms with van der Waals surface area (Å²) in [6.45, 7) is 10.3. The monoisotopic (exact) mass is 364 g/mol. The van der Waals surface area contributed by atoms with Crippen molar-refractivity contribution in [3.8, 4) is 0 Å². The van der Waals surface area contributed by atoms with Crippen LogP contribution in [-0.2, 0) is 4.79 Å². The number of anilines is 1. The third-order valence-corrected chi connectivity index (χ3v) is 5.73. The molecule has 1 N–H and O–H groups in total. The van der Waals surface area contributed by atoms with E-state index in [9.17, 15) is 4.79 Å². The predicted molar refractivity (Wildman–Crippen MR) is 111 cm³/mol. The highest BCUT2D eigenvalue weighted by atomic mass is 32.2. The molecule has 0 atom stereocenters. The summed E-state index contributed by atoms with van der Waals surface area (Å²) in [5.74, 6) is 0.340. The van der Waals surface area contributed by atoms with Crippen molar-refractivity contribution in [1.29, 1.82) is 0 Å². The van der Waals surface area contributed by atoms with Crippen LogP contribution in [0.2, 0.25) is 0 Å². The first kappa shape index (κ1) is 18.5. The largest absolute Gasteiger partial charge is 0.325 e. The first-order valence-corrected chi connectivity index (χ1v) is 9.72. The van der Waals surface area contributed by atoms with Crippen LogP contribution in [0.5, 0.6) is 0 Å². The van der Waals surface area contributed by atoms with E-state index in [1.807, 2.05) is 32.0 Å². The molecule has 1 aromatic heterocycles. The van der Waals surface area contributed by atoms with Crippen molar-refractivity contribution < 1.29 is 4.79 Å². The van der Waals surface area contributed by atoms with E-state index in [-0.39, 0.29) is 5.91 Å². The third-order valence-electron chi connectivity index (χ3n) is 4.63. The summed E-state index contributed by atoms with van der Waals surface area (Å²) >= 11 is 1.49. The Hall–Kier alpha value is -2.33. The number of amides is 1. The van der Waals surface area contributed by atoms with Gasteiger partial charge in [0.15, 0.2) is 0 Å². The Morgan fingerprint density at radius 2 is 1.58 bits per heavy atom. The molecule has 0 aliphatic carbocycles. The van der Waals surface area contributed by atoms with Crippen LogP contribution in [-0.4, -0.2) is 16.6 Å². The molecule has 0 saturated carbocycles. The van der Waals surface area contributed by atoms with E-state index in [0.29, 0.717) is 5.75 Å². The van der Waals surface area contributed by atoms with Gasteiger partial charge >= 0.3 is 0 Å². The highest BCUT2D eigenvalue weighted by Crippen LogP contribution is 2.28. The second-order valence-corrected chi connectivity index (χ2v) is 7.77. The normalized spacial score (nSPS) is 11.0. The molecule has 0 unspecified atom stereocenters. The number of carbonyl (C=O) groups excluding carboxylic acids is 1. The van der Waals surface area contributed by atoms with E-state index >= 15 is 0 Å². The van der Waals surface area contributed by atoms with Gasteiger partial charge in [-0.15, -0.1) is 0 Å². The van der Waals surface area contributed by atoms with E-state index in [0.717, 1.165) is 38.5 Å². The molecule has 26 heavy (non-hydrogen) atoms. The number of fused-ring (bicyclic) bond motifs is 1. The summed E-state index contributed by atoms with van der Waals surface area (Å²) < 4.78 is 0. The first-order valence-electron chi connectivity index (χ1n) is 8.73. The number of nitrogens with one attached hydrogen (secondary N) is 1. The molecule has 0 aliphatic heterocycles. The average Bonchev–Trinajstić information content (AvgIpc) is 2.60. The molecule has 3 rings (SSSR count). The van der Waals surface area contributed by atoms with Crippen molar-refractivity contribution in [1.82, 2.24) is 4.98 Å². The molecule has 2 aromatic carbocycles. The van der Waals surface area contributed by atoms with Crippen molar-refractivity contribution in [2.24, 2.45) is 0 Å². The summed E-state index contributed by atoms with van der Waals surface area (Å²) in [5.41, 5.74) is 7.58. The molecular formula is C22H24N2OS. The fraction of sp³-hybridized carbons (Fsp3) is 0.273. The van der Waals surface area contributed by atoms with Crippen LogP contribution in [0.3, 0.4) is 0 Å². The quantitative estimate of drug-likeness (QED) is 0.621. The van der Waals surface area contributed by atoms with Gasteiger partial charge in [0, 0.05) is 11.1 Å². The lowest BCUT2D eigenvalue weighted by atomic mass is 10.0. The highest BCUT2D eigenvalue weighted by molar-refractivity contribution is 8.00. The Morgan fingerprint density at radius 3 is 2.27 bits per heavy atom. The molecule has 3 aromatic rings. The molecule has 0 fully saturated rings. The highest BCUT2D eigenvalue weighted by Gasteiger charge is 2.12. The van der Waals surface area contributed by atoms with Crippen molar-refractivity contribution in [3.63, 3.8) is 0 Å². The van der Waals surface area contributed by atoms with E-state index in [1.165, 1.54) is 22.7 Å². The van der Waals surface area contributed by atoms with Crippen LogP contribution < -0.4 is 5.32 Å². The van der Waals surface area contributed by atoms with Crippen LogP contribution in [0, 0.1) is 34.6 Å². The molecule has 0 bridgehead atoms. The number of aryl methyl sites for hydroxylation is 5. The maximum Gasteiger partial charge on any atom is 0.234 e. The van der Waals surface area contributed by atoms with E-state index in [1.54, 1.807) is 0 Å². The number of para-hydroxylation sites is 1. The fourth-order valence-electron chi connectivity index (χ4n) is 3.08. The topological polar surface area (TPSA) is 42.0 Å². The number of hydrogen-bond acceptors (Lipinski definition) is 3. The van der Waals surface area contributed by atoms with Crippen molar-refractivity contribution in [3.05, 3.63) is 64.2 Å². The SMILES string of the molecule is Cc1cc2c(C)ccc(C)c2nc1SCC(=O)Nc1c(C)cccc1C. The molecule has 1 heterocycles. The zero-order chi connectivity index (χ0) is 18.8. The average molecular weight is 365 g/mol. The summed E-state index contributed by atoms with van der Waals surface area (Å²) in [6.07, 6.45) is 0. The van der Waals surface area contributed by atoms with Crippen LogP contribution >= 0.6 is 11.8 Å². The molecule has 134 valence electrons. The molecule has 0 radical (unpaired) electrons. The summed E-state index contributed by atoms with van der Waals surface area (Å²) in [6, 6.07) is 12.4. The number of hydrogen-bond donors (Lipinski definition) is 1. The Kier molecular flexibility index (Phi) is 5.33. The predicted octanol–water partition coefficient (Wildman–Crippen LogP) is 5.51. The summed E-state index contributed by atoms with van der Waals surface area (Å²) in [5, 5.41) is 5.14. The minimum absolute atomic E-state index is 0.00494. The van der Waals surface area contributed by atoms with Crippen LogP contribution in [0.25, 0.3) is 10.9 Å². The summed E-state index contributed by atoms with van der Waals surface area (Å²) in [4.78, 5) is 17.3. The molecule has 0 saturated heterocycles. The molecule has 0 aliphatic rings. The smallest absolute Gasteiger partial charge is 0.234 e. The van der Waals surface area contributed by atoms with Gasteiger partial charge < -0.3 is 5.32 Å². The zero-order valence-corrected chi connectivity index (χ0v) is 16.8. The van der Waals surface area contributed by atoms with Crippen LogP contribution in [0.4, 0.5) is 5.69 Å². The van der Waals surface area contributed by atoms with E-state index < -0.39 is 0 Å². The Labute approximate surface area is 159 Å². The Morgan fingerprint density at radius 1 is 0.923 bits per heavy atom. The lowest BCUT2D eigenvalue weighted by Crippen LogP contribution is -2.16. The minimum Gasteiger partial charge on any atom is -0.325 e. The number of carbonyl (C=O) groups is 1. The fourth-order valence-corrected chi connectivity index (χ4v) is 3.87. The Bertz CT molecular complexity index is 975. The lowest BCUT2D eigenvalue weighted by molar-refractivity contribution is -0.113. The van der Waals surface area contributed by atoms with Gasteiger partial charge in [-0.3, -0.25) is 4.79 Å². The van der Waals surface area contributed by atoms with Crippen molar-refractivity contribution in [2.45, 2.75) is 39.6 Å². The molecule has 3 nitrogen and oxygen atoms in total. The van der Waals surface area contributed by atoms with E-state index in [4.69, 9.17) is 4.98 Å². The van der Waals surface area contributed by atoms with Gasteiger partial charge in [0.25, 0.3) is 0 Å². The van der Waals surface area contributed by atoms with Crippen LogP contribution in [0.15, 0.2) is 41.4 Å². The first-order chi connectivity index (χ1) is 12.4. The Balaban J connectivity index is 1.78. The molecule has 1 amide bonds. The second-order valence-electron chi connectivity index (χ2n) is 6.81. The number of pyridine rings is 1. The standard InChI is InChI=1S/C22H24N2OS/c1-13-9-10-16(4)21-18(13)11-17(5)22(24-21)26-12-19(25)23-20-14(2)7-6-8-15(20)3/h6-11H,12H2,1-5H3,(H,23,25). The second kappa shape index (κ2) is 7.50. The number of rotatable bonds is 4. The maximum atomic E-state index is 12.4. The van der Waals surface area contributed by atoms with Gasteiger partial charge in [-0.2, -0.15) is 0 Å². The van der Waals surface area contributed by atoms with Crippen molar-refractivity contribution >= 4 is 34.3 Å². The van der Waals surface area contributed by atoms with E-state index in [2.05, 4.69) is 44.3 Å². The molecule has 0 spiro atoms. The van der Waals surface area contributed by atoms with Gasteiger partial charge in [-0.05, 0) is 68.5 Å². The molecular weight excluding hydrogens is 340 g/mol. The number of nitrogens with zero attached hydrogens (tertiary/aromatic N) is 1. The number of benzene rings is 2. The van der Waals surface area contributed by atoms with Crippen LogP contribution in [0.1, 0.15) is 27.8 Å². The third kappa shape index (κ3) is 3.75. The van der Waals surface area contributed by atoms with Gasteiger partial charge in [-0.25, -0.2) is 4.98 Å². The van der Waals surface area contributed by atoms with Gasteiger partial charge in [0.05, 0.1) is 11.3 Å². The van der Waals surface area contributed by atoms with Gasteiger partial charge in [-0.1, -0.05) is 42.1 Å². The summed E-state index contributed by atoms with van der Waals surface area (Å²) in [7, 11) is 0. The zero-order valence-electron chi connectivity index (χ0n) is 15.9. The number of thioether (sulfide) groups is 1. The van der Waals surface area contributed by atoms with Gasteiger partial charge in [0.1, 0.15) is 5.03 Å². The lowest BCUT2D eigenvalue weighted by Gasteiger charge is -2.12. The maximum absolute atomic E-state index is 12.4.